The smallest absolute Gasteiger partial charge is 0.352 e. The van der Waals surface area contributed by atoms with Crippen LogP contribution in [0.15, 0.2) is 12.3 Å². The highest BCUT2D eigenvalue weighted by Crippen LogP contribution is 2.30. The van der Waals surface area contributed by atoms with E-state index in [2.05, 4.69) is 4.98 Å². The summed E-state index contributed by atoms with van der Waals surface area (Å²) in [7, 11) is 0. The zero-order valence-electron chi connectivity index (χ0n) is 6.55. The number of alkyl halides is 3. The van der Waals surface area contributed by atoms with Crippen molar-refractivity contribution in [2.24, 2.45) is 0 Å². The second kappa shape index (κ2) is 3.81. The van der Waals surface area contributed by atoms with Gasteiger partial charge in [-0.3, -0.25) is 4.79 Å². The van der Waals surface area contributed by atoms with Crippen molar-refractivity contribution >= 4 is 46.6 Å². The maximum Gasteiger partial charge on any atom is 0.352 e. The Morgan fingerprint density at radius 2 is 1.93 bits per heavy atom. The quantitative estimate of drug-likeness (QED) is 0.630. The predicted molar refractivity (Wildman–Crippen MR) is 52.4 cm³/mol. The van der Waals surface area contributed by atoms with Crippen LogP contribution >= 0.6 is 34.8 Å². The molecule has 0 aliphatic carbocycles. The number of carbonyl (C=O) groups is 2. The number of carbonyl (C=O) groups excluding carboxylic acids is 1. The highest BCUT2D eigenvalue weighted by atomic mass is 35.6. The summed E-state index contributed by atoms with van der Waals surface area (Å²) in [5, 5.41) is 8.54. The molecule has 1 rings (SSSR count). The van der Waals surface area contributed by atoms with E-state index in [1.807, 2.05) is 0 Å². The number of halogens is 3. The van der Waals surface area contributed by atoms with Crippen molar-refractivity contribution in [3.8, 4) is 0 Å². The SMILES string of the molecule is O=C(O)c1cc(C(=O)C(Cl)(Cl)Cl)c[nH]1. The van der Waals surface area contributed by atoms with Crippen LogP contribution < -0.4 is 0 Å². The molecular weight excluding hydrogens is 252 g/mol. The number of carboxylic acid groups (broad SMARTS) is 1. The van der Waals surface area contributed by atoms with Crippen molar-refractivity contribution < 1.29 is 14.7 Å². The molecule has 0 fully saturated rings. The second-order valence-corrected chi connectivity index (χ2v) is 4.72. The number of aromatic carboxylic acids is 1. The summed E-state index contributed by atoms with van der Waals surface area (Å²) in [6.07, 6.45) is 1.17. The molecule has 7 heteroatoms. The van der Waals surface area contributed by atoms with E-state index in [-0.39, 0.29) is 11.3 Å². The molecule has 0 spiro atoms. The molecule has 0 unspecified atom stereocenters. The molecule has 0 aromatic carbocycles. The third-order valence-corrected chi connectivity index (χ3v) is 1.95. The van der Waals surface area contributed by atoms with Crippen LogP contribution in [0, 0.1) is 0 Å². The molecule has 1 aromatic heterocycles. The van der Waals surface area contributed by atoms with Gasteiger partial charge in [0.25, 0.3) is 3.79 Å². The van der Waals surface area contributed by atoms with Gasteiger partial charge in [0, 0.05) is 11.8 Å². The van der Waals surface area contributed by atoms with Gasteiger partial charge in [0.15, 0.2) is 0 Å². The first-order chi connectivity index (χ1) is 6.32. The summed E-state index contributed by atoms with van der Waals surface area (Å²) in [6, 6.07) is 1.10. The van der Waals surface area contributed by atoms with Crippen LogP contribution in [0.5, 0.6) is 0 Å². The van der Waals surface area contributed by atoms with Crippen LogP contribution in [0.4, 0.5) is 0 Å². The standard InChI is InChI=1S/C7H4Cl3NO3/c8-7(9,10)5(12)3-1-4(6(13)14)11-2-3/h1-2,11H,(H,13,14). The average molecular weight is 256 g/mol. The molecule has 0 amide bonds. The van der Waals surface area contributed by atoms with Gasteiger partial charge < -0.3 is 10.1 Å². The number of aromatic nitrogens is 1. The van der Waals surface area contributed by atoms with Gasteiger partial charge in [-0.25, -0.2) is 4.79 Å². The van der Waals surface area contributed by atoms with Gasteiger partial charge in [-0.2, -0.15) is 0 Å². The molecule has 4 nitrogen and oxygen atoms in total. The number of carboxylic acids is 1. The summed E-state index contributed by atoms with van der Waals surface area (Å²) in [5.41, 5.74) is -0.120. The number of H-pyrrole nitrogens is 1. The van der Waals surface area contributed by atoms with Gasteiger partial charge in [0.1, 0.15) is 5.69 Å². The van der Waals surface area contributed by atoms with E-state index in [1.165, 1.54) is 6.20 Å². The molecule has 0 radical (unpaired) electrons. The van der Waals surface area contributed by atoms with Crippen molar-refractivity contribution in [1.29, 1.82) is 0 Å². The van der Waals surface area contributed by atoms with E-state index in [0.29, 0.717) is 0 Å². The summed E-state index contributed by atoms with van der Waals surface area (Å²) in [5.74, 6) is -1.96. The molecular formula is C7H4Cl3NO3. The number of aromatic amines is 1. The Bertz CT molecular complexity index is 380. The highest BCUT2D eigenvalue weighted by Gasteiger charge is 2.32. The van der Waals surface area contributed by atoms with Crippen LogP contribution in [0.25, 0.3) is 0 Å². The van der Waals surface area contributed by atoms with Crippen molar-refractivity contribution in [2.45, 2.75) is 3.79 Å². The Hall–Kier alpha value is -0.710. The van der Waals surface area contributed by atoms with Gasteiger partial charge in [-0.15, -0.1) is 0 Å². The lowest BCUT2D eigenvalue weighted by molar-refractivity contribution is 0.0691. The summed E-state index contributed by atoms with van der Waals surface area (Å²) >= 11 is 16.0. The Balaban J connectivity index is 2.99. The van der Waals surface area contributed by atoms with Crippen molar-refractivity contribution in [3.63, 3.8) is 0 Å². The number of rotatable bonds is 2. The Morgan fingerprint density at radius 1 is 1.36 bits per heavy atom. The van der Waals surface area contributed by atoms with E-state index in [0.717, 1.165) is 6.07 Å². The van der Waals surface area contributed by atoms with E-state index in [9.17, 15) is 9.59 Å². The molecule has 0 atom stereocenters. The molecule has 1 aromatic rings. The maximum atomic E-state index is 11.3. The van der Waals surface area contributed by atoms with Crippen LogP contribution in [0.1, 0.15) is 20.8 Å². The number of ketones is 1. The molecule has 2 N–H and O–H groups in total. The van der Waals surface area contributed by atoms with Gasteiger partial charge in [0.2, 0.25) is 5.78 Å². The number of hydrogen-bond donors (Lipinski definition) is 2. The number of nitrogens with one attached hydrogen (secondary N) is 1. The first kappa shape index (κ1) is 11.4. The first-order valence-electron chi connectivity index (χ1n) is 3.35. The summed E-state index contributed by atoms with van der Waals surface area (Å²) in [4.78, 5) is 24.1. The fraction of sp³-hybridized carbons (Fsp3) is 0.143. The van der Waals surface area contributed by atoms with Crippen LogP contribution in [-0.4, -0.2) is 25.6 Å². The molecule has 0 saturated carbocycles. The van der Waals surface area contributed by atoms with Crippen molar-refractivity contribution in [1.82, 2.24) is 4.98 Å². The summed E-state index contributed by atoms with van der Waals surface area (Å²) < 4.78 is -2.07. The van der Waals surface area contributed by atoms with Gasteiger partial charge in [-0.05, 0) is 6.07 Å². The van der Waals surface area contributed by atoms with E-state index < -0.39 is 15.5 Å². The fourth-order valence-electron chi connectivity index (χ4n) is 0.813. The zero-order chi connectivity index (χ0) is 10.9. The highest BCUT2D eigenvalue weighted by molar-refractivity contribution is 6.77. The fourth-order valence-corrected chi connectivity index (χ4v) is 1.14. The predicted octanol–water partition coefficient (Wildman–Crippen LogP) is 2.27. The van der Waals surface area contributed by atoms with Crippen LogP contribution in [-0.2, 0) is 0 Å². The van der Waals surface area contributed by atoms with Gasteiger partial charge in [-0.1, -0.05) is 34.8 Å². The van der Waals surface area contributed by atoms with Crippen LogP contribution in [0.2, 0.25) is 0 Å². The lowest BCUT2D eigenvalue weighted by Crippen LogP contribution is -2.18. The van der Waals surface area contributed by atoms with Gasteiger partial charge >= 0.3 is 5.97 Å². The van der Waals surface area contributed by atoms with E-state index >= 15 is 0 Å². The minimum absolute atomic E-state index is 0.0161. The maximum absolute atomic E-state index is 11.3. The Morgan fingerprint density at radius 3 is 2.29 bits per heavy atom. The average Bonchev–Trinajstić information content (AvgIpc) is 2.48. The Labute approximate surface area is 93.8 Å². The third-order valence-electron chi connectivity index (χ3n) is 1.43. The number of Topliss-reactive ketones (excluding diaryl/α,β-unsaturated/α-hetero) is 1. The van der Waals surface area contributed by atoms with Crippen LogP contribution in [0.3, 0.4) is 0 Å². The molecule has 0 saturated heterocycles. The lowest BCUT2D eigenvalue weighted by Gasteiger charge is -2.06. The van der Waals surface area contributed by atoms with E-state index in [4.69, 9.17) is 39.9 Å². The molecule has 0 bridgehead atoms. The zero-order valence-corrected chi connectivity index (χ0v) is 8.82. The monoisotopic (exact) mass is 255 g/mol. The molecule has 14 heavy (non-hydrogen) atoms. The first-order valence-corrected chi connectivity index (χ1v) is 4.49. The summed E-state index contributed by atoms with van der Waals surface area (Å²) in [6.45, 7) is 0. The normalized spacial score (nSPS) is 11.4. The van der Waals surface area contributed by atoms with Crippen molar-refractivity contribution in [2.75, 3.05) is 0 Å². The van der Waals surface area contributed by atoms with Gasteiger partial charge in [0.05, 0.1) is 0 Å². The lowest BCUT2D eigenvalue weighted by atomic mass is 10.2. The number of hydrogen-bond acceptors (Lipinski definition) is 2. The molecule has 76 valence electrons. The molecule has 0 aliphatic rings. The topological polar surface area (TPSA) is 70.2 Å². The molecule has 0 aliphatic heterocycles. The van der Waals surface area contributed by atoms with Crippen molar-refractivity contribution in [3.05, 3.63) is 23.5 Å². The molecule has 1 heterocycles. The largest absolute Gasteiger partial charge is 0.477 e. The third kappa shape index (κ3) is 2.41. The Kier molecular flexibility index (Phi) is 3.09. The minimum Gasteiger partial charge on any atom is -0.477 e. The second-order valence-electron chi connectivity index (χ2n) is 2.43. The van der Waals surface area contributed by atoms with E-state index in [1.54, 1.807) is 0 Å². The minimum atomic E-state index is -2.07.